The molecule has 31 heavy (non-hydrogen) atoms. The normalized spacial score (nSPS) is 16.1. The van der Waals surface area contributed by atoms with Gasteiger partial charge in [0.15, 0.2) is 5.78 Å². The van der Waals surface area contributed by atoms with Crippen molar-refractivity contribution >= 4 is 17.7 Å². The highest BCUT2D eigenvalue weighted by molar-refractivity contribution is 5.87. The summed E-state index contributed by atoms with van der Waals surface area (Å²) in [7, 11) is 0. The van der Waals surface area contributed by atoms with Crippen LogP contribution < -0.4 is 16.0 Å². The van der Waals surface area contributed by atoms with Gasteiger partial charge in [-0.3, -0.25) is 19.7 Å². The lowest BCUT2D eigenvalue weighted by Crippen LogP contribution is -2.53. The minimum absolute atomic E-state index is 0.0712. The van der Waals surface area contributed by atoms with Gasteiger partial charge >= 0.3 is 5.97 Å². The molecular formula is C24H29N3O4. The maximum Gasteiger partial charge on any atom is 0.320 e. The van der Waals surface area contributed by atoms with E-state index in [0.717, 1.165) is 11.1 Å². The Kier molecular flexibility index (Phi) is 8.32. The third-order valence-corrected chi connectivity index (χ3v) is 5.35. The number of nitrogens with one attached hydrogen (secondary N) is 3. The van der Waals surface area contributed by atoms with Crippen LogP contribution in [0, 0.1) is 0 Å². The number of hydrogen-bond donors (Lipinski definition) is 3. The van der Waals surface area contributed by atoms with Crippen molar-refractivity contribution in [3.05, 3.63) is 71.3 Å². The van der Waals surface area contributed by atoms with Crippen LogP contribution in [0.2, 0.25) is 0 Å². The van der Waals surface area contributed by atoms with E-state index >= 15 is 0 Å². The molecule has 7 nitrogen and oxygen atoms in total. The summed E-state index contributed by atoms with van der Waals surface area (Å²) in [6.07, 6.45) is 0.912. The fraction of sp³-hybridized carbons (Fsp3) is 0.375. The van der Waals surface area contributed by atoms with Gasteiger partial charge in [-0.25, -0.2) is 0 Å². The predicted molar refractivity (Wildman–Crippen MR) is 117 cm³/mol. The molecule has 1 heterocycles. The van der Waals surface area contributed by atoms with Gasteiger partial charge in [0.05, 0.1) is 18.6 Å². The number of rotatable bonds is 10. The Morgan fingerprint density at radius 1 is 1.06 bits per heavy atom. The van der Waals surface area contributed by atoms with Gasteiger partial charge in [-0.2, -0.15) is 0 Å². The maximum atomic E-state index is 12.6. The van der Waals surface area contributed by atoms with Crippen LogP contribution in [0.1, 0.15) is 30.0 Å². The van der Waals surface area contributed by atoms with E-state index in [2.05, 4.69) is 16.0 Å². The first-order chi connectivity index (χ1) is 15.1. The monoisotopic (exact) mass is 423 g/mol. The van der Waals surface area contributed by atoms with Crippen molar-refractivity contribution in [1.29, 1.82) is 0 Å². The van der Waals surface area contributed by atoms with Gasteiger partial charge in [-0.15, -0.1) is 0 Å². The van der Waals surface area contributed by atoms with Crippen LogP contribution in [0.4, 0.5) is 0 Å². The van der Waals surface area contributed by atoms with E-state index in [0.29, 0.717) is 19.4 Å². The van der Waals surface area contributed by atoms with Crippen LogP contribution in [0.3, 0.4) is 0 Å². The third-order valence-electron chi connectivity index (χ3n) is 5.35. The van der Waals surface area contributed by atoms with Crippen LogP contribution >= 0.6 is 0 Å². The smallest absolute Gasteiger partial charge is 0.320 e. The molecule has 1 amide bonds. The second kappa shape index (κ2) is 11.4. The van der Waals surface area contributed by atoms with E-state index < -0.39 is 12.0 Å². The minimum atomic E-state index is -0.644. The van der Waals surface area contributed by atoms with E-state index in [1.54, 1.807) is 6.92 Å². The summed E-state index contributed by atoms with van der Waals surface area (Å²) >= 11 is 0. The summed E-state index contributed by atoms with van der Waals surface area (Å²) in [5.74, 6) is -0.676. The van der Waals surface area contributed by atoms with Gasteiger partial charge < -0.3 is 15.4 Å². The van der Waals surface area contributed by atoms with E-state index in [4.69, 9.17) is 4.74 Å². The zero-order valence-electron chi connectivity index (χ0n) is 17.7. The topological polar surface area (TPSA) is 96.5 Å². The first kappa shape index (κ1) is 22.7. The lowest BCUT2D eigenvalue weighted by Gasteiger charge is -2.26. The van der Waals surface area contributed by atoms with E-state index in [9.17, 15) is 14.4 Å². The predicted octanol–water partition coefficient (Wildman–Crippen LogP) is 1.50. The van der Waals surface area contributed by atoms with Crippen LogP contribution in [-0.2, 0) is 38.7 Å². The molecule has 0 bridgehead atoms. The molecule has 0 saturated heterocycles. The lowest BCUT2D eigenvalue weighted by atomic mass is 9.95. The molecule has 1 unspecified atom stereocenters. The number of Topliss-reactive ketones (excluding diaryl/α,β-unsaturated/α-hetero) is 1. The van der Waals surface area contributed by atoms with Crippen molar-refractivity contribution in [3.8, 4) is 0 Å². The Morgan fingerprint density at radius 2 is 1.77 bits per heavy atom. The van der Waals surface area contributed by atoms with Gasteiger partial charge in [0.2, 0.25) is 5.91 Å². The van der Waals surface area contributed by atoms with Gasteiger partial charge in [0.25, 0.3) is 0 Å². The standard InChI is InChI=1S/C24H29N3O4/c1-2-22(28)21(26-15-23(29)31-16-17-8-4-3-5-9-17)14-27-24(30)20-12-18-10-6-7-11-19(18)13-25-20/h3-11,20-21,25-26H,2,12-16H2,1H3,(H,27,30)/t20?,21-/m0/s1. The molecule has 0 saturated carbocycles. The van der Waals surface area contributed by atoms with Gasteiger partial charge in [-0.05, 0) is 23.1 Å². The van der Waals surface area contributed by atoms with Crippen LogP contribution in [-0.4, -0.2) is 42.8 Å². The zero-order valence-corrected chi connectivity index (χ0v) is 17.7. The number of benzene rings is 2. The number of ether oxygens (including phenoxy) is 1. The minimum Gasteiger partial charge on any atom is -0.460 e. The highest BCUT2D eigenvalue weighted by atomic mass is 16.5. The van der Waals surface area contributed by atoms with Gasteiger partial charge in [0.1, 0.15) is 6.61 Å². The number of esters is 1. The number of hydrogen-bond acceptors (Lipinski definition) is 6. The lowest BCUT2D eigenvalue weighted by molar-refractivity contribution is -0.144. The fourth-order valence-electron chi connectivity index (χ4n) is 3.51. The van der Waals surface area contributed by atoms with Crippen molar-refractivity contribution in [2.45, 2.75) is 45.0 Å². The molecular weight excluding hydrogens is 394 g/mol. The summed E-state index contributed by atoms with van der Waals surface area (Å²) in [5, 5.41) is 9.00. The van der Waals surface area contributed by atoms with E-state index in [1.807, 2.05) is 54.6 Å². The number of ketones is 1. The Morgan fingerprint density at radius 3 is 2.52 bits per heavy atom. The molecule has 7 heteroatoms. The van der Waals surface area contributed by atoms with Crippen LogP contribution in [0.25, 0.3) is 0 Å². The zero-order chi connectivity index (χ0) is 22.1. The largest absolute Gasteiger partial charge is 0.460 e. The first-order valence-electron chi connectivity index (χ1n) is 10.6. The SMILES string of the molecule is CCC(=O)[C@H](CNC(=O)C1Cc2ccccc2CN1)NCC(=O)OCc1ccccc1. The Hall–Kier alpha value is -3.03. The number of fused-ring (bicyclic) bond motifs is 1. The molecule has 3 N–H and O–H groups in total. The Bertz CT molecular complexity index is 901. The Balaban J connectivity index is 1.45. The van der Waals surface area contributed by atoms with Gasteiger partial charge in [0, 0.05) is 19.5 Å². The van der Waals surface area contributed by atoms with Crippen molar-refractivity contribution < 1.29 is 19.1 Å². The molecule has 0 radical (unpaired) electrons. The van der Waals surface area contributed by atoms with Crippen molar-refractivity contribution in [3.63, 3.8) is 0 Å². The molecule has 2 atom stereocenters. The molecule has 0 aliphatic carbocycles. The fourth-order valence-corrected chi connectivity index (χ4v) is 3.51. The molecule has 2 aromatic rings. The molecule has 164 valence electrons. The first-order valence-corrected chi connectivity index (χ1v) is 10.6. The molecule has 0 aromatic heterocycles. The third kappa shape index (κ3) is 6.73. The number of carbonyl (C=O) groups is 3. The van der Waals surface area contributed by atoms with Crippen molar-refractivity contribution in [1.82, 2.24) is 16.0 Å². The van der Waals surface area contributed by atoms with E-state index in [-0.39, 0.29) is 37.4 Å². The molecule has 1 aliphatic rings. The molecule has 0 spiro atoms. The molecule has 3 rings (SSSR count). The summed E-state index contributed by atoms with van der Waals surface area (Å²) in [6.45, 7) is 2.59. The maximum absolute atomic E-state index is 12.6. The second-order valence-electron chi connectivity index (χ2n) is 7.55. The van der Waals surface area contributed by atoms with E-state index in [1.165, 1.54) is 5.56 Å². The van der Waals surface area contributed by atoms with Crippen molar-refractivity contribution in [2.75, 3.05) is 13.1 Å². The Labute approximate surface area is 182 Å². The number of carbonyl (C=O) groups excluding carboxylic acids is 3. The average molecular weight is 424 g/mol. The molecule has 1 aliphatic heterocycles. The van der Waals surface area contributed by atoms with Gasteiger partial charge in [-0.1, -0.05) is 61.5 Å². The summed E-state index contributed by atoms with van der Waals surface area (Å²) in [4.78, 5) is 36.9. The molecule has 0 fully saturated rings. The summed E-state index contributed by atoms with van der Waals surface area (Å²) in [5.41, 5.74) is 3.24. The highest BCUT2D eigenvalue weighted by Crippen LogP contribution is 2.16. The average Bonchev–Trinajstić information content (AvgIpc) is 2.82. The summed E-state index contributed by atoms with van der Waals surface area (Å²) in [6, 6.07) is 16.4. The molecule has 2 aromatic carbocycles. The van der Waals surface area contributed by atoms with Crippen LogP contribution in [0.5, 0.6) is 0 Å². The van der Waals surface area contributed by atoms with Crippen molar-refractivity contribution in [2.24, 2.45) is 0 Å². The number of amides is 1. The van der Waals surface area contributed by atoms with Crippen LogP contribution in [0.15, 0.2) is 54.6 Å². The highest BCUT2D eigenvalue weighted by Gasteiger charge is 2.25. The quantitative estimate of drug-likeness (QED) is 0.501. The second-order valence-corrected chi connectivity index (χ2v) is 7.55. The summed E-state index contributed by atoms with van der Waals surface area (Å²) < 4.78 is 5.24.